The fourth-order valence-electron chi connectivity index (χ4n) is 1.80. The van der Waals surface area contributed by atoms with Crippen LogP contribution >= 0.6 is 0 Å². The molecule has 0 saturated heterocycles. The molecule has 3 N–H and O–H groups in total. The van der Waals surface area contributed by atoms with Crippen LogP contribution < -0.4 is 15.4 Å². The molecule has 0 fully saturated rings. The molecule has 1 aromatic rings. The Bertz CT molecular complexity index is 449. The second-order valence-electron chi connectivity index (χ2n) is 5.09. The number of benzene rings is 1. The molecule has 0 aliphatic rings. The minimum Gasteiger partial charge on any atom is -0.495 e. The highest BCUT2D eigenvalue weighted by atomic mass is 16.5. The third kappa shape index (κ3) is 6.57. The number of anilines is 1. The molecule has 0 heterocycles. The zero-order valence-electron chi connectivity index (χ0n) is 12.8. The normalized spacial score (nSPS) is 13.5. The summed E-state index contributed by atoms with van der Waals surface area (Å²) in [6.45, 7) is 2.61. The predicted molar refractivity (Wildman–Crippen MR) is 81.6 cm³/mol. The second-order valence-corrected chi connectivity index (χ2v) is 5.09. The van der Waals surface area contributed by atoms with E-state index in [2.05, 4.69) is 10.6 Å². The van der Waals surface area contributed by atoms with Gasteiger partial charge in [-0.3, -0.25) is 4.79 Å². The first-order valence-electron chi connectivity index (χ1n) is 6.83. The molecule has 0 aromatic heterocycles. The molecule has 0 aliphatic heterocycles. The Kier molecular flexibility index (Phi) is 7.14. The lowest BCUT2D eigenvalue weighted by Gasteiger charge is -2.23. The van der Waals surface area contributed by atoms with Crippen LogP contribution in [-0.2, 0) is 9.53 Å². The number of methoxy groups -OCH3 is 2. The van der Waals surface area contributed by atoms with Gasteiger partial charge in [-0.05, 0) is 19.1 Å². The van der Waals surface area contributed by atoms with Crippen molar-refractivity contribution in [1.29, 1.82) is 0 Å². The molecule has 6 heteroatoms. The maximum absolute atomic E-state index is 11.8. The third-order valence-electron chi connectivity index (χ3n) is 3.02. The first kappa shape index (κ1) is 17.4. The summed E-state index contributed by atoms with van der Waals surface area (Å²) in [5.41, 5.74) is -0.279. The minimum absolute atomic E-state index is 0.112. The number of nitrogens with one attached hydrogen (secondary N) is 2. The van der Waals surface area contributed by atoms with Crippen LogP contribution in [0.25, 0.3) is 0 Å². The molecule has 1 atom stereocenters. The van der Waals surface area contributed by atoms with Crippen molar-refractivity contribution in [2.24, 2.45) is 0 Å². The highest BCUT2D eigenvalue weighted by Crippen LogP contribution is 2.22. The van der Waals surface area contributed by atoms with E-state index in [1.807, 2.05) is 12.1 Å². The Morgan fingerprint density at radius 2 is 2.05 bits per heavy atom. The van der Waals surface area contributed by atoms with E-state index in [1.165, 1.54) is 0 Å². The molecule has 0 bridgehead atoms. The van der Waals surface area contributed by atoms with Crippen molar-refractivity contribution in [1.82, 2.24) is 5.32 Å². The number of hydrogen-bond donors (Lipinski definition) is 3. The summed E-state index contributed by atoms with van der Waals surface area (Å²) >= 11 is 0. The molecule has 0 saturated carbocycles. The molecular weight excluding hydrogens is 272 g/mol. The number of hydrogen-bond acceptors (Lipinski definition) is 5. The van der Waals surface area contributed by atoms with Crippen LogP contribution in [0.3, 0.4) is 0 Å². The number of amides is 1. The predicted octanol–water partition coefficient (Wildman–Crippen LogP) is 1.01. The van der Waals surface area contributed by atoms with Crippen molar-refractivity contribution in [2.45, 2.75) is 18.9 Å². The number of rotatable bonds is 9. The lowest BCUT2D eigenvalue weighted by molar-refractivity contribution is -0.115. The van der Waals surface area contributed by atoms with Gasteiger partial charge in [0.15, 0.2) is 0 Å². The first-order chi connectivity index (χ1) is 9.98. The van der Waals surface area contributed by atoms with Gasteiger partial charge in [-0.1, -0.05) is 12.1 Å². The van der Waals surface area contributed by atoms with Crippen molar-refractivity contribution >= 4 is 11.6 Å². The number of para-hydroxylation sites is 2. The third-order valence-corrected chi connectivity index (χ3v) is 3.02. The Hall–Kier alpha value is -1.63. The molecular formula is C15H24N2O4. The van der Waals surface area contributed by atoms with E-state index < -0.39 is 5.60 Å². The highest BCUT2D eigenvalue weighted by molar-refractivity contribution is 5.93. The zero-order valence-corrected chi connectivity index (χ0v) is 12.8. The number of carbonyl (C=O) groups excluding carboxylic acids is 1. The van der Waals surface area contributed by atoms with Crippen LogP contribution in [0.1, 0.15) is 13.3 Å². The van der Waals surface area contributed by atoms with Gasteiger partial charge in [0.1, 0.15) is 5.75 Å². The van der Waals surface area contributed by atoms with E-state index in [0.29, 0.717) is 31.0 Å². The van der Waals surface area contributed by atoms with Crippen LogP contribution in [0.15, 0.2) is 24.3 Å². The van der Waals surface area contributed by atoms with Gasteiger partial charge in [-0.2, -0.15) is 0 Å². The van der Waals surface area contributed by atoms with Gasteiger partial charge in [-0.15, -0.1) is 0 Å². The van der Waals surface area contributed by atoms with Crippen molar-refractivity contribution in [3.05, 3.63) is 24.3 Å². The van der Waals surface area contributed by atoms with Gasteiger partial charge >= 0.3 is 0 Å². The van der Waals surface area contributed by atoms with Crippen molar-refractivity contribution in [3.63, 3.8) is 0 Å². The summed E-state index contributed by atoms with van der Waals surface area (Å²) in [5, 5.41) is 15.7. The van der Waals surface area contributed by atoms with Gasteiger partial charge in [0.25, 0.3) is 0 Å². The van der Waals surface area contributed by atoms with Crippen molar-refractivity contribution in [2.75, 3.05) is 39.2 Å². The van der Waals surface area contributed by atoms with E-state index in [0.717, 1.165) is 0 Å². The molecule has 118 valence electrons. The molecule has 0 aliphatic carbocycles. The van der Waals surface area contributed by atoms with Gasteiger partial charge in [0.2, 0.25) is 5.91 Å². The molecule has 1 aromatic carbocycles. The summed E-state index contributed by atoms with van der Waals surface area (Å²) in [6.07, 6.45) is 0.505. The van der Waals surface area contributed by atoms with Crippen molar-refractivity contribution in [3.8, 4) is 5.75 Å². The maximum atomic E-state index is 11.8. The second kappa shape index (κ2) is 8.61. The highest BCUT2D eigenvalue weighted by Gasteiger charge is 2.19. The standard InChI is InChI=1S/C15H24N2O4/c1-15(19,8-9-20-2)11-16-10-14(18)17-12-6-4-5-7-13(12)21-3/h4-7,16,19H,8-11H2,1-3H3,(H,17,18). The fraction of sp³-hybridized carbons (Fsp3) is 0.533. The number of carbonyl (C=O) groups is 1. The van der Waals surface area contributed by atoms with Gasteiger partial charge in [0, 0.05) is 26.7 Å². The Morgan fingerprint density at radius 1 is 1.33 bits per heavy atom. The molecule has 21 heavy (non-hydrogen) atoms. The SMILES string of the molecule is COCCC(C)(O)CNCC(=O)Nc1ccccc1OC. The average molecular weight is 296 g/mol. The van der Waals surface area contributed by atoms with Gasteiger partial charge in [0.05, 0.1) is 24.9 Å². The minimum atomic E-state index is -0.902. The van der Waals surface area contributed by atoms with Gasteiger partial charge in [-0.25, -0.2) is 0 Å². The van der Waals surface area contributed by atoms with E-state index in [4.69, 9.17) is 9.47 Å². The molecule has 6 nitrogen and oxygen atoms in total. The molecule has 1 rings (SSSR count). The molecule has 1 unspecified atom stereocenters. The van der Waals surface area contributed by atoms with Crippen LogP contribution in [0.4, 0.5) is 5.69 Å². The largest absolute Gasteiger partial charge is 0.495 e. The lowest BCUT2D eigenvalue weighted by Crippen LogP contribution is -2.41. The summed E-state index contributed by atoms with van der Waals surface area (Å²) in [5.74, 6) is 0.417. The fourth-order valence-corrected chi connectivity index (χ4v) is 1.80. The van der Waals surface area contributed by atoms with Crippen LogP contribution in [-0.4, -0.2) is 50.5 Å². The Morgan fingerprint density at radius 3 is 2.71 bits per heavy atom. The number of ether oxygens (including phenoxy) is 2. The van der Waals surface area contributed by atoms with Crippen LogP contribution in [0, 0.1) is 0 Å². The average Bonchev–Trinajstić information content (AvgIpc) is 2.45. The van der Waals surface area contributed by atoms with E-state index in [1.54, 1.807) is 33.3 Å². The Labute approximate surface area is 125 Å². The quantitative estimate of drug-likeness (QED) is 0.634. The van der Waals surface area contributed by atoms with Crippen molar-refractivity contribution < 1.29 is 19.4 Å². The topological polar surface area (TPSA) is 79.8 Å². The van der Waals surface area contributed by atoms with E-state index in [-0.39, 0.29) is 12.5 Å². The zero-order chi connectivity index (χ0) is 15.7. The lowest BCUT2D eigenvalue weighted by atomic mass is 10.0. The van der Waals surface area contributed by atoms with Crippen LogP contribution in [0.5, 0.6) is 5.75 Å². The summed E-state index contributed by atoms with van der Waals surface area (Å²) in [4.78, 5) is 11.8. The summed E-state index contributed by atoms with van der Waals surface area (Å²) in [7, 11) is 3.14. The molecule has 0 spiro atoms. The molecule has 0 radical (unpaired) electrons. The first-order valence-corrected chi connectivity index (χ1v) is 6.83. The monoisotopic (exact) mass is 296 g/mol. The summed E-state index contributed by atoms with van der Waals surface area (Å²) < 4.78 is 10.1. The van der Waals surface area contributed by atoms with Crippen LogP contribution in [0.2, 0.25) is 0 Å². The number of aliphatic hydroxyl groups is 1. The van der Waals surface area contributed by atoms with E-state index >= 15 is 0 Å². The maximum Gasteiger partial charge on any atom is 0.238 e. The van der Waals surface area contributed by atoms with E-state index in [9.17, 15) is 9.90 Å². The Balaban J connectivity index is 2.37. The smallest absolute Gasteiger partial charge is 0.238 e. The molecule has 1 amide bonds. The van der Waals surface area contributed by atoms with Gasteiger partial charge < -0.3 is 25.2 Å². The summed E-state index contributed by atoms with van der Waals surface area (Å²) in [6, 6.07) is 7.20.